The van der Waals surface area contributed by atoms with E-state index in [1.807, 2.05) is 11.8 Å². The Balaban J connectivity index is 1.75. The highest BCUT2D eigenvalue weighted by atomic mass is 35.5. The fourth-order valence-corrected chi connectivity index (χ4v) is 5.05. The molecule has 0 radical (unpaired) electrons. The number of nitrogens with zero attached hydrogens (tertiary/aromatic N) is 5. The number of rotatable bonds is 6. The van der Waals surface area contributed by atoms with Gasteiger partial charge in [-0.2, -0.15) is 31.0 Å². The van der Waals surface area contributed by atoms with Crippen LogP contribution in [0.1, 0.15) is 24.8 Å². The van der Waals surface area contributed by atoms with Crippen LogP contribution in [0.25, 0.3) is 5.52 Å². The number of hydrogen-bond donors (Lipinski definition) is 2. The third kappa shape index (κ3) is 5.14. The lowest BCUT2D eigenvalue weighted by atomic mass is 10.0. The predicted octanol–water partition coefficient (Wildman–Crippen LogP) is 1.48. The van der Waals surface area contributed by atoms with Gasteiger partial charge in [0, 0.05) is 25.7 Å². The molecule has 0 saturated carbocycles. The first kappa shape index (κ1) is 23.0. The minimum absolute atomic E-state index is 0.304. The molecule has 0 aromatic carbocycles. The number of halogens is 4. The summed E-state index contributed by atoms with van der Waals surface area (Å²) in [5.74, 6) is 0.632. The van der Waals surface area contributed by atoms with Crippen molar-refractivity contribution in [3.05, 3.63) is 23.1 Å². The topological polar surface area (TPSA) is 117 Å². The van der Waals surface area contributed by atoms with Crippen LogP contribution in [0.15, 0.2) is 12.4 Å². The van der Waals surface area contributed by atoms with Gasteiger partial charge >= 0.3 is 6.18 Å². The van der Waals surface area contributed by atoms with Gasteiger partial charge in [-0.15, -0.1) is 0 Å². The highest BCUT2D eigenvalue weighted by Crippen LogP contribution is 2.30. The zero-order valence-corrected chi connectivity index (χ0v) is 17.6. The normalized spacial score (nSPS) is 17.8. The van der Waals surface area contributed by atoms with Gasteiger partial charge in [0.15, 0.2) is 5.82 Å². The van der Waals surface area contributed by atoms with E-state index in [1.165, 1.54) is 6.33 Å². The summed E-state index contributed by atoms with van der Waals surface area (Å²) in [7, 11) is -4.30. The molecule has 3 heterocycles. The number of aryl methyl sites for hydroxylation is 1. The summed E-state index contributed by atoms with van der Waals surface area (Å²) in [4.78, 5) is 6.26. The smallest absolute Gasteiger partial charge is 0.391 e. The van der Waals surface area contributed by atoms with Crippen molar-refractivity contribution in [2.45, 2.75) is 44.5 Å². The minimum Gasteiger partial charge on any atom is -0.391 e. The standard InChI is InChI=1S/C16H22ClF3N6O3S/c1-10-6-13(17)26-14(10)15(22-9-23-26)24-4-2-11(3-5-24)25(30(21,28)29)8-12(27)7-16(18,19)20/h6,9,11-12,27H,2-5,7-8H2,1H3,(H2,21,28,29). The molecule has 1 unspecified atom stereocenters. The third-order valence-corrected chi connectivity index (χ3v) is 6.41. The van der Waals surface area contributed by atoms with Crippen molar-refractivity contribution in [1.82, 2.24) is 18.9 Å². The van der Waals surface area contributed by atoms with Gasteiger partial charge in [-0.3, -0.25) is 0 Å². The zero-order valence-electron chi connectivity index (χ0n) is 16.0. The Morgan fingerprint density at radius 3 is 2.60 bits per heavy atom. The Morgan fingerprint density at radius 2 is 2.03 bits per heavy atom. The monoisotopic (exact) mass is 470 g/mol. The third-order valence-electron chi connectivity index (χ3n) is 5.04. The number of anilines is 1. The molecule has 9 nitrogen and oxygen atoms in total. The molecule has 0 spiro atoms. The zero-order chi connectivity index (χ0) is 22.3. The molecular weight excluding hydrogens is 449 g/mol. The summed E-state index contributed by atoms with van der Waals surface area (Å²) in [6.45, 7) is 1.93. The summed E-state index contributed by atoms with van der Waals surface area (Å²) >= 11 is 6.16. The molecule has 1 saturated heterocycles. The van der Waals surface area contributed by atoms with Crippen LogP contribution in [0.5, 0.6) is 0 Å². The van der Waals surface area contributed by atoms with Crippen molar-refractivity contribution < 1.29 is 26.7 Å². The second-order valence-electron chi connectivity index (χ2n) is 7.30. The van der Waals surface area contributed by atoms with E-state index in [-0.39, 0.29) is 0 Å². The van der Waals surface area contributed by atoms with Crippen LogP contribution in [0.3, 0.4) is 0 Å². The summed E-state index contributed by atoms with van der Waals surface area (Å²) in [6, 6.07) is 1.13. The Labute approximate surface area is 176 Å². The Bertz CT molecular complexity index is 1010. The molecule has 14 heteroatoms. The molecular formula is C16H22ClF3N6O3S. The summed E-state index contributed by atoms with van der Waals surface area (Å²) in [5.41, 5.74) is 1.60. The van der Waals surface area contributed by atoms with E-state index in [1.54, 1.807) is 10.6 Å². The van der Waals surface area contributed by atoms with Crippen molar-refractivity contribution in [3.63, 3.8) is 0 Å². The van der Waals surface area contributed by atoms with E-state index in [0.717, 1.165) is 15.4 Å². The molecule has 2 aromatic heterocycles. The fourth-order valence-electron chi connectivity index (χ4n) is 3.76. The molecule has 3 N–H and O–H groups in total. The number of aliphatic hydroxyl groups is 1. The molecule has 1 aliphatic heterocycles. The molecule has 0 bridgehead atoms. The van der Waals surface area contributed by atoms with E-state index >= 15 is 0 Å². The van der Waals surface area contributed by atoms with Crippen LogP contribution in [0.4, 0.5) is 19.0 Å². The molecule has 2 aromatic rings. The number of piperidine rings is 1. The molecule has 168 valence electrons. The van der Waals surface area contributed by atoms with E-state index in [0.29, 0.717) is 36.9 Å². The maximum atomic E-state index is 12.5. The Hall–Kier alpha value is -1.67. The van der Waals surface area contributed by atoms with Gasteiger partial charge in [-0.1, -0.05) is 11.6 Å². The lowest BCUT2D eigenvalue weighted by Gasteiger charge is -2.38. The molecule has 1 aliphatic rings. The SMILES string of the molecule is Cc1cc(Cl)n2ncnc(N3CCC(N(CC(O)CC(F)(F)F)S(N)(=O)=O)CC3)c12. The molecule has 30 heavy (non-hydrogen) atoms. The average molecular weight is 471 g/mol. The van der Waals surface area contributed by atoms with Crippen LogP contribution >= 0.6 is 11.6 Å². The summed E-state index contributed by atoms with van der Waals surface area (Å²) < 4.78 is 63.8. The van der Waals surface area contributed by atoms with Gasteiger partial charge < -0.3 is 10.0 Å². The maximum Gasteiger partial charge on any atom is 0.391 e. The molecule has 1 fully saturated rings. The summed E-state index contributed by atoms with van der Waals surface area (Å²) in [5, 5.41) is 19.5. The number of fused-ring (bicyclic) bond motifs is 1. The molecule has 3 rings (SSSR count). The first-order chi connectivity index (χ1) is 13.9. The number of nitrogens with two attached hydrogens (primary N) is 1. The van der Waals surface area contributed by atoms with Crippen molar-refractivity contribution >= 4 is 33.1 Å². The fraction of sp³-hybridized carbons (Fsp3) is 0.625. The summed E-state index contributed by atoms with van der Waals surface area (Å²) in [6.07, 6.45) is -6.04. The van der Waals surface area contributed by atoms with E-state index < -0.39 is 41.5 Å². The van der Waals surface area contributed by atoms with E-state index in [2.05, 4.69) is 10.1 Å². The van der Waals surface area contributed by atoms with Crippen molar-refractivity contribution in [2.75, 3.05) is 24.5 Å². The minimum atomic E-state index is -4.61. The largest absolute Gasteiger partial charge is 0.391 e. The van der Waals surface area contributed by atoms with Gasteiger partial charge in [0.2, 0.25) is 0 Å². The van der Waals surface area contributed by atoms with Gasteiger partial charge in [0.25, 0.3) is 10.2 Å². The first-order valence-electron chi connectivity index (χ1n) is 9.15. The van der Waals surface area contributed by atoms with Gasteiger partial charge in [-0.05, 0) is 31.4 Å². The van der Waals surface area contributed by atoms with Crippen LogP contribution in [-0.2, 0) is 10.2 Å². The lowest BCUT2D eigenvalue weighted by Crippen LogP contribution is -2.52. The van der Waals surface area contributed by atoms with Crippen LogP contribution in [0, 0.1) is 6.92 Å². The second kappa shape index (κ2) is 8.46. The number of hydrogen-bond acceptors (Lipinski definition) is 6. The van der Waals surface area contributed by atoms with Gasteiger partial charge in [-0.25, -0.2) is 14.6 Å². The van der Waals surface area contributed by atoms with Crippen molar-refractivity contribution in [1.29, 1.82) is 0 Å². The number of aromatic nitrogens is 3. The van der Waals surface area contributed by atoms with Crippen molar-refractivity contribution in [3.8, 4) is 0 Å². The highest BCUT2D eigenvalue weighted by Gasteiger charge is 2.37. The van der Waals surface area contributed by atoms with Crippen LogP contribution < -0.4 is 10.0 Å². The van der Waals surface area contributed by atoms with Crippen molar-refractivity contribution in [2.24, 2.45) is 5.14 Å². The Kier molecular flexibility index (Phi) is 6.49. The quantitative estimate of drug-likeness (QED) is 0.660. The van der Waals surface area contributed by atoms with Crippen LogP contribution in [0.2, 0.25) is 5.15 Å². The van der Waals surface area contributed by atoms with Crippen LogP contribution in [-0.4, -0.2) is 70.4 Å². The molecule has 0 aliphatic carbocycles. The highest BCUT2D eigenvalue weighted by molar-refractivity contribution is 7.86. The number of alkyl halides is 3. The molecule has 0 amide bonds. The lowest BCUT2D eigenvalue weighted by molar-refractivity contribution is -0.154. The second-order valence-corrected chi connectivity index (χ2v) is 9.19. The predicted molar refractivity (Wildman–Crippen MR) is 104 cm³/mol. The maximum absolute atomic E-state index is 12.5. The Morgan fingerprint density at radius 1 is 1.40 bits per heavy atom. The number of aliphatic hydroxyl groups excluding tert-OH is 1. The van der Waals surface area contributed by atoms with Gasteiger partial charge in [0.1, 0.15) is 17.0 Å². The molecule has 1 atom stereocenters. The average Bonchev–Trinajstić information content (AvgIpc) is 2.92. The van der Waals surface area contributed by atoms with E-state index in [4.69, 9.17) is 16.7 Å². The van der Waals surface area contributed by atoms with Gasteiger partial charge in [0.05, 0.1) is 12.5 Å². The first-order valence-corrected chi connectivity index (χ1v) is 11.0. The van der Waals surface area contributed by atoms with E-state index in [9.17, 15) is 26.7 Å².